The highest BCUT2D eigenvalue weighted by Gasteiger charge is 2.18. The minimum absolute atomic E-state index is 0.126. The second-order valence-electron chi connectivity index (χ2n) is 7.46. The molecular formula is C24H25N3O2S. The van der Waals surface area contributed by atoms with Crippen molar-refractivity contribution in [1.82, 2.24) is 10.3 Å². The Balaban J connectivity index is 1.41. The van der Waals surface area contributed by atoms with Crippen molar-refractivity contribution >= 4 is 28.8 Å². The number of amides is 1. The summed E-state index contributed by atoms with van der Waals surface area (Å²) in [6, 6.07) is 14.6. The Morgan fingerprint density at radius 2 is 1.70 bits per heavy atom. The Bertz CT molecular complexity index is 992. The van der Waals surface area contributed by atoms with E-state index >= 15 is 0 Å². The minimum atomic E-state index is -0.257. The number of rotatable bonds is 6. The Labute approximate surface area is 180 Å². The van der Waals surface area contributed by atoms with Crippen molar-refractivity contribution in [2.45, 2.75) is 32.2 Å². The van der Waals surface area contributed by atoms with Gasteiger partial charge in [0.05, 0.1) is 10.4 Å². The van der Waals surface area contributed by atoms with E-state index in [1.54, 1.807) is 30.3 Å². The molecule has 0 aliphatic carbocycles. The van der Waals surface area contributed by atoms with E-state index in [2.05, 4.69) is 15.2 Å². The van der Waals surface area contributed by atoms with Gasteiger partial charge in [0.1, 0.15) is 5.82 Å². The summed E-state index contributed by atoms with van der Waals surface area (Å²) in [7, 11) is 0. The van der Waals surface area contributed by atoms with E-state index in [-0.39, 0.29) is 11.7 Å². The molecule has 1 N–H and O–H groups in total. The van der Waals surface area contributed by atoms with Gasteiger partial charge < -0.3 is 10.2 Å². The molecule has 3 aromatic rings. The van der Waals surface area contributed by atoms with Crippen LogP contribution in [-0.2, 0) is 6.54 Å². The van der Waals surface area contributed by atoms with E-state index in [9.17, 15) is 9.59 Å². The molecule has 30 heavy (non-hydrogen) atoms. The molecule has 1 fully saturated rings. The first-order valence-electron chi connectivity index (χ1n) is 10.4. The summed E-state index contributed by atoms with van der Waals surface area (Å²) in [5, 5.41) is 4.78. The van der Waals surface area contributed by atoms with Crippen LogP contribution >= 0.6 is 11.3 Å². The molecule has 154 valence electrons. The zero-order valence-corrected chi connectivity index (χ0v) is 17.7. The lowest BCUT2D eigenvalue weighted by Gasteiger charge is -2.21. The fourth-order valence-corrected chi connectivity index (χ4v) is 4.38. The summed E-state index contributed by atoms with van der Waals surface area (Å²) >= 11 is 1.38. The monoisotopic (exact) mass is 419 g/mol. The van der Waals surface area contributed by atoms with Gasteiger partial charge in [-0.05, 0) is 42.0 Å². The average molecular weight is 420 g/mol. The molecule has 1 saturated heterocycles. The molecule has 1 aliphatic heterocycles. The number of nitrogens with one attached hydrogen (secondary N) is 1. The van der Waals surface area contributed by atoms with Gasteiger partial charge in [0.15, 0.2) is 0 Å². The summed E-state index contributed by atoms with van der Waals surface area (Å²) in [5.41, 5.74) is 1.75. The van der Waals surface area contributed by atoms with E-state index in [1.165, 1.54) is 37.0 Å². The molecule has 0 unspecified atom stereocenters. The fraction of sp³-hybridized carbons (Fsp3) is 0.292. The standard InChI is InChI=1S/C24H25N3O2S/c28-23(21-10-7-15-30-21)19-8-3-4-9-20(19)24(29)26-17-18-11-12-22(25-16-18)27-13-5-1-2-6-14-27/h3-4,7-12,15-16H,1-2,5-6,13-14,17H2,(H,26,29). The smallest absolute Gasteiger partial charge is 0.252 e. The van der Waals surface area contributed by atoms with Gasteiger partial charge in [-0.15, -0.1) is 11.3 Å². The zero-order chi connectivity index (χ0) is 20.8. The van der Waals surface area contributed by atoms with Gasteiger partial charge in [0, 0.05) is 31.4 Å². The lowest BCUT2D eigenvalue weighted by Crippen LogP contribution is -2.26. The largest absolute Gasteiger partial charge is 0.357 e. The van der Waals surface area contributed by atoms with Crippen LogP contribution in [0.4, 0.5) is 5.82 Å². The van der Waals surface area contributed by atoms with Crippen LogP contribution in [0.3, 0.4) is 0 Å². The van der Waals surface area contributed by atoms with Crippen LogP contribution in [0, 0.1) is 0 Å². The maximum Gasteiger partial charge on any atom is 0.252 e. The van der Waals surface area contributed by atoms with Crippen molar-refractivity contribution in [3.8, 4) is 0 Å². The number of pyridine rings is 1. The van der Waals surface area contributed by atoms with Crippen LogP contribution in [0.2, 0.25) is 0 Å². The number of nitrogens with zero attached hydrogens (tertiary/aromatic N) is 2. The number of ketones is 1. The third-order valence-electron chi connectivity index (χ3n) is 5.35. The van der Waals surface area contributed by atoms with Crippen molar-refractivity contribution in [2.24, 2.45) is 0 Å². The number of anilines is 1. The number of carbonyl (C=O) groups excluding carboxylic acids is 2. The summed E-state index contributed by atoms with van der Waals surface area (Å²) in [4.78, 5) is 33.1. The Hall–Kier alpha value is -2.99. The number of benzene rings is 1. The molecular weight excluding hydrogens is 394 g/mol. The van der Waals surface area contributed by atoms with Crippen LogP contribution in [0.5, 0.6) is 0 Å². The molecule has 0 radical (unpaired) electrons. The van der Waals surface area contributed by atoms with Crippen molar-refractivity contribution in [3.05, 3.63) is 81.7 Å². The van der Waals surface area contributed by atoms with Crippen LogP contribution in [0.25, 0.3) is 0 Å². The summed E-state index contributed by atoms with van der Waals surface area (Å²) < 4.78 is 0. The number of carbonyl (C=O) groups is 2. The van der Waals surface area contributed by atoms with E-state index in [0.717, 1.165) is 24.5 Å². The summed E-state index contributed by atoms with van der Waals surface area (Å²) in [6.07, 6.45) is 6.82. The van der Waals surface area contributed by atoms with Gasteiger partial charge in [-0.25, -0.2) is 4.98 Å². The summed E-state index contributed by atoms with van der Waals surface area (Å²) in [5.74, 6) is 0.616. The van der Waals surface area contributed by atoms with Gasteiger partial charge in [-0.3, -0.25) is 9.59 Å². The Kier molecular flexibility index (Phi) is 6.54. The molecule has 6 heteroatoms. The van der Waals surface area contributed by atoms with Gasteiger partial charge in [0.25, 0.3) is 5.91 Å². The first-order valence-corrected chi connectivity index (χ1v) is 11.3. The minimum Gasteiger partial charge on any atom is -0.357 e. The molecule has 4 rings (SSSR count). The molecule has 1 aromatic carbocycles. The second-order valence-corrected chi connectivity index (χ2v) is 8.41. The van der Waals surface area contributed by atoms with Crippen LogP contribution in [0.15, 0.2) is 60.1 Å². The third kappa shape index (κ3) is 4.76. The first kappa shape index (κ1) is 20.3. The topological polar surface area (TPSA) is 62.3 Å². The zero-order valence-electron chi connectivity index (χ0n) is 16.8. The third-order valence-corrected chi connectivity index (χ3v) is 6.22. The van der Waals surface area contributed by atoms with Crippen LogP contribution in [0.1, 0.15) is 56.8 Å². The average Bonchev–Trinajstić information content (AvgIpc) is 3.20. The van der Waals surface area contributed by atoms with E-state index < -0.39 is 0 Å². The molecule has 5 nitrogen and oxygen atoms in total. The molecule has 0 spiro atoms. The van der Waals surface area contributed by atoms with Crippen LogP contribution < -0.4 is 10.2 Å². The maximum absolute atomic E-state index is 12.8. The van der Waals surface area contributed by atoms with Gasteiger partial charge in [-0.2, -0.15) is 0 Å². The van der Waals surface area contributed by atoms with Crippen molar-refractivity contribution < 1.29 is 9.59 Å². The maximum atomic E-state index is 12.8. The molecule has 0 bridgehead atoms. The Morgan fingerprint density at radius 3 is 2.37 bits per heavy atom. The first-order chi connectivity index (χ1) is 14.7. The molecule has 0 atom stereocenters. The van der Waals surface area contributed by atoms with Crippen molar-refractivity contribution in [1.29, 1.82) is 0 Å². The quantitative estimate of drug-likeness (QED) is 0.589. The fourth-order valence-electron chi connectivity index (χ4n) is 3.71. The molecule has 0 saturated carbocycles. The summed E-state index contributed by atoms with van der Waals surface area (Å²) in [6.45, 7) is 2.48. The molecule has 2 aromatic heterocycles. The van der Waals surface area contributed by atoms with Gasteiger partial charge in [-0.1, -0.05) is 43.2 Å². The lowest BCUT2D eigenvalue weighted by atomic mass is 10.0. The molecule has 1 aliphatic rings. The van der Waals surface area contributed by atoms with E-state index in [0.29, 0.717) is 22.5 Å². The predicted octanol–water partition coefficient (Wildman–Crippen LogP) is 4.68. The Morgan fingerprint density at radius 1 is 0.933 bits per heavy atom. The van der Waals surface area contributed by atoms with Crippen LogP contribution in [-0.4, -0.2) is 29.8 Å². The van der Waals surface area contributed by atoms with Gasteiger partial charge >= 0.3 is 0 Å². The molecule has 3 heterocycles. The highest BCUT2D eigenvalue weighted by Crippen LogP contribution is 2.19. The van der Waals surface area contributed by atoms with Crippen molar-refractivity contribution in [3.63, 3.8) is 0 Å². The van der Waals surface area contributed by atoms with Gasteiger partial charge in [0.2, 0.25) is 5.78 Å². The number of hydrogen-bond acceptors (Lipinski definition) is 5. The normalized spacial score (nSPS) is 14.2. The number of thiophene rings is 1. The van der Waals surface area contributed by atoms with E-state index in [4.69, 9.17) is 0 Å². The van der Waals surface area contributed by atoms with Crippen molar-refractivity contribution in [2.75, 3.05) is 18.0 Å². The highest BCUT2D eigenvalue weighted by atomic mass is 32.1. The van der Waals surface area contributed by atoms with E-state index in [1.807, 2.05) is 29.8 Å². The highest BCUT2D eigenvalue weighted by molar-refractivity contribution is 7.12. The second kappa shape index (κ2) is 9.67. The predicted molar refractivity (Wildman–Crippen MR) is 120 cm³/mol. The number of aromatic nitrogens is 1. The lowest BCUT2D eigenvalue weighted by molar-refractivity contribution is 0.0940. The molecule has 1 amide bonds. The SMILES string of the molecule is O=C(NCc1ccc(N2CCCCCC2)nc1)c1ccccc1C(=O)c1cccs1. The number of hydrogen-bond donors (Lipinski definition) is 1.